The van der Waals surface area contributed by atoms with E-state index in [-0.39, 0.29) is 40.7 Å². The van der Waals surface area contributed by atoms with Gasteiger partial charge in [0.05, 0.1) is 22.8 Å². The number of hydrogen-bond acceptors (Lipinski definition) is 10. The van der Waals surface area contributed by atoms with Crippen molar-refractivity contribution in [2.24, 2.45) is 0 Å². The Labute approximate surface area is 590 Å². The van der Waals surface area contributed by atoms with Gasteiger partial charge in [-0.2, -0.15) is 0 Å². The molecule has 21 heteroatoms. The van der Waals surface area contributed by atoms with Crippen molar-refractivity contribution in [3.63, 3.8) is 0 Å². The van der Waals surface area contributed by atoms with Gasteiger partial charge in [0.25, 0.3) is 23.6 Å². The average Bonchev–Trinajstić information content (AvgIpc) is 1.63. The van der Waals surface area contributed by atoms with Crippen LogP contribution in [0.1, 0.15) is 116 Å². The van der Waals surface area contributed by atoms with Gasteiger partial charge < -0.3 is 50.8 Å². The van der Waals surface area contributed by atoms with Crippen molar-refractivity contribution in [1.29, 1.82) is 0 Å². The topological polar surface area (TPSA) is 252 Å². The molecule has 4 atom stereocenters. The number of amides is 8. The van der Waals surface area contributed by atoms with Gasteiger partial charge in [-0.05, 0) is 171 Å². The fourth-order valence-corrected chi connectivity index (χ4v) is 15.6. The van der Waals surface area contributed by atoms with Crippen LogP contribution in [0.4, 0.5) is 22.7 Å². The first-order valence-electron chi connectivity index (χ1n) is 34.0. The Morgan fingerprint density at radius 2 is 0.515 bits per heavy atom. The van der Waals surface area contributed by atoms with Gasteiger partial charge in [0.1, 0.15) is 24.2 Å². The molecule has 0 radical (unpaired) electrons. The number of nitrogens with one attached hydrogen (secondary N) is 4. The number of carbonyl (C=O) groups is 8. The Bertz CT molecular complexity index is 4620. The Hall–Kier alpha value is -11.8. The summed E-state index contributed by atoms with van der Waals surface area (Å²) in [5, 5.41) is 13.0. The van der Waals surface area contributed by atoms with Crippen molar-refractivity contribution in [2.45, 2.75) is 75.5 Å². The molecule has 14 aliphatic rings. The molecule has 0 aliphatic carbocycles. The molecule has 17 heterocycles. The van der Waals surface area contributed by atoms with Gasteiger partial charge in [0.2, 0.25) is 23.6 Å². The van der Waals surface area contributed by atoms with Gasteiger partial charge >= 0.3 is 17.1 Å². The zero-order valence-corrected chi connectivity index (χ0v) is 55.6. The van der Waals surface area contributed by atoms with E-state index in [1.807, 2.05) is 121 Å². The number of rotatable bonds is 0. The summed E-state index contributed by atoms with van der Waals surface area (Å²) in [7, 11) is 0. The number of anilines is 4. The molecule has 4 fully saturated rings. The molecular weight excluding hydrogens is 1310 g/mol. The number of aromatic nitrogens is 4. The first kappa shape index (κ1) is 63.9. The van der Waals surface area contributed by atoms with Gasteiger partial charge in [-0.1, -0.05) is 97.1 Å². The maximum absolute atomic E-state index is 15.1. The largest absolute Gasteiger partial charge is 2.00 e. The van der Waals surface area contributed by atoms with Gasteiger partial charge in [-0.3, -0.25) is 38.4 Å². The maximum Gasteiger partial charge on any atom is 2.00 e. The van der Waals surface area contributed by atoms with E-state index in [4.69, 9.17) is 19.9 Å². The van der Waals surface area contributed by atoms with Crippen LogP contribution >= 0.6 is 0 Å². The molecule has 101 heavy (non-hydrogen) atoms. The van der Waals surface area contributed by atoms with Crippen molar-refractivity contribution >= 4 is 116 Å². The molecule has 4 unspecified atom stereocenters. The summed E-state index contributed by atoms with van der Waals surface area (Å²) in [5.41, 5.74) is 10.6. The SMILES string of the molecule is O=C1Nc2ccccc2-c2c3nc(c4c5ccc([n-]5)c(c5nc(c(c6ccc2[n-]6)-c2ccccc2NC(=O)C2CCCN2C(=O)c2ccc(cc2)C(=O)N2CCCC2C(=O)Nc2ccccc2-4)C=C5)-c2ccccc2NC(=O)C2CCCN2C(=O)c2ccc(cc2)C(=O)N2CCCC12)C=C3.[Fe+2]. The van der Waals surface area contributed by atoms with Gasteiger partial charge in [0, 0.05) is 93.4 Å². The van der Waals surface area contributed by atoms with Crippen LogP contribution in [0.3, 0.4) is 0 Å². The minimum absolute atomic E-state index is 0. The Balaban J connectivity index is 0.00000792. The number of nitrogens with zero attached hydrogens (tertiary/aromatic N) is 8. The van der Waals surface area contributed by atoms with Crippen LogP contribution in [-0.4, -0.2) is 127 Å². The molecule has 3 aromatic heterocycles. The van der Waals surface area contributed by atoms with E-state index >= 15 is 19.2 Å². The third-order valence-electron chi connectivity index (χ3n) is 20.4. The van der Waals surface area contributed by atoms with Crippen LogP contribution in [0, 0.1) is 0 Å². The van der Waals surface area contributed by atoms with E-state index in [0.717, 1.165) is 0 Å². The Morgan fingerprint density at radius 3 is 0.743 bits per heavy atom. The minimum atomic E-state index is -0.873. The molecule has 4 saturated heterocycles. The molecule has 4 N–H and O–H groups in total. The van der Waals surface area contributed by atoms with E-state index < -0.39 is 47.8 Å². The van der Waals surface area contributed by atoms with Gasteiger partial charge in [-0.15, -0.1) is 22.1 Å². The summed E-state index contributed by atoms with van der Waals surface area (Å²) in [6.45, 7) is 1.25. The predicted octanol–water partition coefficient (Wildman–Crippen LogP) is 12.2. The number of hydrogen-bond donors (Lipinski definition) is 4. The normalized spacial score (nSPS) is 19.6. The predicted molar refractivity (Wildman–Crippen MR) is 382 cm³/mol. The average molecular weight is 1380 g/mol. The summed E-state index contributed by atoms with van der Waals surface area (Å²) in [4.78, 5) is 147. The van der Waals surface area contributed by atoms with Crippen LogP contribution in [0.15, 0.2) is 170 Å². The smallest absolute Gasteiger partial charge is 0.657 e. The molecule has 0 saturated carbocycles. The number of carbonyl (C=O) groups excluding carboxylic acids is 8. The molecule has 14 aliphatic heterocycles. The van der Waals surface area contributed by atoms with Crippen LogP contribution in [0.25, 0.3) is 90.9 Å². The van der Waals surface area contributed by atoms with Crippen LogP contribution in [0.5, 0.6) is 0 Å². The fourth-order valence-electron chi connectivity index (χ4n) is 15.6. The Kier molecular flexibility index (Phi) is 16.5. The van der Waals surface area contributed by atoms with Crippen LogP contribution in [0.2, 0.25) is 0 Å². The van der Waals surface area contributed by atoms with E-state index in [9.17, 15) is 19.2 Å². The zero-order valence-electron chi connectivity index (χ0n) is 54.5. The second-order valence-electron chi connectivity index (χ2n) is 26.3. The number of benzene rings is 6. The fraction of sp³-hybridized carbons (Fsp3) is 0.200. The molecule has 9 aromatic rings. The van der Waals surface area contributed by atoms with Crippen molar-refractivity contribution < 1.29 is 55.4 Å². The standard InChI is InChI=1S/C80H66N12O8.Fe/c93-73-65-21-9-41-89(65)77(97)45-25-27-46(28-26-45)78(98)92-44-12-24-68(92)76(96)88-56-20-8-4-16-52(56)72-63-39-37-61(83-63)70-50-14-2-6-18-54(50)86-74(94)66-22-10-42-90(66)79(99)47-29-31-48(32-30-47)80(100)91-43-11-23-67(91)75(95)87-55-19-7-3-15-51(55)71(62-38-40-64(72)84-62)60-36-34-58(82-60)69(57-33-35-59(70)81-57)49-13-1-5-17-53(49)85-73;/h1-8,13-20,25-40,65-68H,9-12,21-24,41-44H2,(H6,81,82,83,84,85,86,87,88,93,94,95,96,97,98,99,100);/q;+2/p-2. The van der Waals surface area contributed by atoms with Crippen LogP contribution < -0.4 is 31.2 Å². The van der Waals surface area contributed by atoms with E-state index in [1.165, 1.54) is 0 Å². The minimum Gasteiger partial charge on any atom is -0.657 e. The first-order valence-corrected chi connectivity index (χ1v) is 34.0. The molecule has 6 aromatic carbocycles. The summed E-state index contributed by atoms with van der Waals surface area (Å²) in [6.07, 6.45) is 11.3. The quantitative estimate of drug-likeness (QED) is 0.103. The Morgan fingerprint density at radius 1 is 0.297 bits per heavy atom. The zero-order chi connectivity index (χ0) is 67.9. The third kappa shape index (κ3) is 11.4. The van der Waals surface area contributed by atoms with Crippen molar-refractivity contribution in [2.75, 3.05) is 47.4 Å². The number of para-hydroxylation sites is 4. The van der Waals surface area contributed by atoms with E-state index in [2.05, 4.69) is 21.3 Å². The molecular formula is C80H64FeN12O8. The first-order chi connectivity index (χ1) is 48.9. The van der Waals surface area contributed by atoms with Gasteiger partial charge in [0.15, 0.2) is 0 Å². The van der Waals surface area contributed by atoms with Crippen LogP contribution in [-0.2, 0) is 36.2 Å². The molecule has 0 spiro atoms. The van der Waals surface area contributed by atoms with Gasteiger partial charge in [-0.25, -0.2) is 9.97 Å². The molecule has 16 bridgehead atoms. The summed E-state index contributed by atoms with van der Waals surface area (Å²) >= 11 is 0. The third-order valence-corrected chi connectivity index (χ3v) is 20.4. The molecule has 500 valence electrons. The summed E-state index contributed by atoms with van der Waals surface area (Å²) in [6, 6.07) is 46.3. The molecule has 20 nitrogen and oxygen atoms in total. The van der Waals surface area contributed by atoms with Crippen molar-refractivity contribution in [3.8, 4) is 44.5 Å². The second kappa shape index (κ2) is 26.1. The molecule has 23 rings (SSSR count). The maximum atomic E-state index is 15.1. The summed E-state index contributed by atoms with van der Waals surface area (Å²) in [5.74, 6) is -3.15. The van der Waals surface area contributed by atoms with E-state index in [1.54, 1.807) is 92.4 Å². The molecule has 8 amide bonds. The van der Waals surface area contributed by atoms with Crippen molar-refractivity contribution in [1.82, 2.24) is 39.5 Å². The van der Waals surface area contributed by atoms with E-state index in [0.29, 0.717) is 212 Å². The second-order valence-corrected chi connectivity index (χ2v) is 26.3. The summed E-state index contributed by atoms with van der Waals surface area (Å²) < 4.78 is 0. The van der Waals surface area contributed by atoms with Crippen molar-refractivity contribution in [3.05, 3.63) is 215 Å². The monoisotopic (exact) mass is 1380 g/mol.